The fourth-order valence-electron chi connectivity index (χ4n) is 10.7. The molecule has 2 nitrogen and oxygen atoms in total. The van der Waals surface area contributed by atoms with Crippen molar-refractivity contribution in [2.75, 3.05) is 4.90 Å². The molecule has 0 fully saturated rings. The lowest BCUT2D eigenvalue weighted by atomic mass is 9.82. The van der Waals surface area contributed by atoms with Crippen LogP contribution < -0.4 is 4.90 Å². The van der Waals surface area contributed by atoms with Crippen LogP contribution in [0.15, 0.2) is 192 Å². The van der Waals surface area contributed by atoms with Crippen molar-refractivity contribution < 1.29 is 4.42 Å². The Morgan fingerprint density at radius 3 is 1.53 bits per heavy atom. The van der Waals surface area contributed by atoms with Crippen molar-refractivity contribution in [1.82, 2.24) is 0 Å². The summed E-state index contributed by atoms with van der Waals surface area (Å²) >= 11 is 0. The largest absolute Gasteiger partial charge is 0.455 e. The van der Waals surface area contributed by atoms with Crippen LogP contribution >= 0.6 is 0 Å². The van der Waals surface area contributed by atoms with Gasteiger partial charge in [-0.2, -0.15) is 0 Å². The van der Waals surface area contributed by atoms with E-state index in [1.54, 1.807) is 0 Å². The molecule has 60 heavy (non-hydrogen) atoms. The van der Waals surface area contributed by atoms with Gasteiger partial charge in [0.05, 0.1) is 5.69 Å². The van der Waals surface area contributed by atoms with Gasteiger partial charge in [0.1, 0.15) is 11.2 Å². The Kier molecular flexibility index (Phi) is 7.36. The highest BCUT2D eigenvalue weighted by molar-refractivity contribution is 6.17. The molecule has 0 atom stereocenters. The van der Waals surface area contributed by atoms with Crippen molar-refractivity contribution in [1.29, 1.82) is 0 Å². The molecule has 0 amide bonds. The summed E-state index contributed by atoms with van der Waals surface area (Å²) in [6.07, 6.45) is 0. The summed E-state index contributed by atoms with van der Waals surface area (Å²) in [5.74, 6) is 0. The predicted molar refractivity (Wildman–Crippen MR) is 252 cm³/mol. The monoisotopic (exact) mass is 769 g/mol. The zero-order chi connectivity index (χ0) is 40.3. The number of nitrogens with zero attached hydrogens (tertiary/aromatic N) is 1. The van der Waals surface area contributed by atoms with Gasteiger partial charge in [-0.15, -0.1) is 0 Å². The average molecular weight is 770 g/mol. The van der Waals surface area contributed by atoms with Gasteiger partial charge in [-0.3, -0.25) is 0 Å². The number of rotatable bonds is 5. The van der Waals surface area contributed by atoms with Gasteiger partial charge in [0.2, 0.25) is 0 Å². The fraction of sp³-hybridized carbons (Fsp3) is 0.103. The second-order valence-corrected chi connectivity index (χ2v) is 17.6. The first-order chi connectivity index (χ1) is 29.3. The van der Waals surface area contributed by atoms with Gasteiger partial charge in [-0.1, -0.05) is 179 Å². The minimum absolute atomic E-state index is 0.0487. The summed E-state index contributed by atoms with van der Waals surface area (Å²) in [5.41, 5.74) is 20.6. The molecule has 0 unspecified atom stereocenters. The molecule has 0 bridgehead atoms. The van der Waals surface area contributed by atoms with Crippen molar-refractivity contribution in [3.05, 3.63) is 210 Å². The number of benzene rings is 9. The highest BCUT2D eigenvalue weighted by atomic mass is 16.3. The molecule has 0 saturated carbocycles. The van der Waals surface area contributed by atoms with E-state index in [-0.39, 0.29) is 10.8 Å². The van der Waals surface area contributed by atoms with Crippen LogP contribution in [0, 0.1) is 0 Å². The Morgan fingerprint density at radius 2 is 0.833 bits per heavy atom. The normalized spacial score (nSPS) is 14.3. The number of hydrogen-bond acceptors (Lipinski definition) is 2. The summed E-state index contributed by atoms with van der Waals surface area (Å²) in [4.78, 5) is 2.45. The Hall–Kier alpha value is -7.16. The Morgan fingerprint density at radius 1 is 0.350 bits per heavy atom. The molecule has 2 aliphatic carbocycles. The Bertz CT molecular complexity index is 3360. The minimum atomic E-state index is -0.115. The van der Waals surface area contributed by atoms with Gasteiger partial charge in [0.25, 0.3) is 0 Å². The van der Waals surface area contributed by atoms with Gasteiger partial charge in [0.15, 0.2) is 0 Å². The molecule has 0 spiro atoms. The van der Waals surface area contributed by atoms with Gasteiger partial charge in [0, 0.05) is 49.5 Å². The molecule has 0 N–H and O–H groups in total. The van der Waals surface area contributed by atoms with Crippen LogP contribution in [0.5, 0.6) is 0 Å². The lowest BCUT2D eigenvalue weighted by molar-refractivity contribution is 0.660. The van der Waals surface area contributed by atoms with Crippen molar-refractivity contribution in [3.63, 3.8) is 0 Å². The van der Waals surface area contributed by atoms with Crippen molar-refractivity contribution in [3.8, 4) is 44.5 Å². The molecule has 0 aliphatic heterocycles. The van der Waals surface area contributed by atoms with E-state index in [1.807, 2.05) is 0 Å². The van der Waals surface area contributed by atoms with E-state index in [0.29, 0.717) is 0 Å². The summed E-state index contributed by atoms with van der Waals surface area (Å²) in [6, 6.07) is 69.2. The van der Waals surface area contributed by atoms with E-state index in [1.165, 1.54) is 66.7 Å². The number of anilines is 3. The average Bonchev–Trinajstić information content (AvgIpc) is 3.88. The third kappa shape index (κ3) is 4.88. The second kappa shape index (κ2) is 12.7. The summed E-state index contributed by atoms with van der Waals surface area (Å²) in [5, 5.41) is 4.60. The van der Waals surface area contributed by atoms with Crippen LogP contribution in [0.1, 0.15) is 49.9 Å². The molecule has 1 heterocycles. The van der Waals surface area contributed by atoms with E-state index in [2.05, 4.69) is 221 Å². The first kappa shape index (κ1) is 34.8. The van der Waals surface area contributed by atoms with Crippen LogP contribution in [-0.4, -0.2) is 0 Å². The minimum Gasteiger partial charge on any atom is -0.455 e. The molecular formula is C58H43NO. The molecule has 9 aromatic carbocycles. The Labute approximate surface area is 351 Å². The number of para-hydroxylation sites is 1. The molecule has 1 aromatic heterocycles. The fourth-order valence-corrected chi connectivity index (χ4v) is 10.7. The highest BCUT2D eigenvalue weighted by Gasteiger charge is 2.38. The lowest BCUT2D eigenvalue weighted by Crippen LogP contribution is -2.16. The third-order valence-corrected chi connectivity index (χ3v) is 13.7. The third-order valence-electron chi connectivity index (χ3n) is 13.7. The van der Waals surface area contributed by atoms with Crippen LogP contribution in [0.2, 0.25) is 0 Å². The van der Waals surface area contributed by atoms with Crippen LogP contribution in [0.25, 0.3) is 77.2 Å². The standard InChI is InChI=1S/C58H43NO/c1-57(2)48-21-9-7-16-46(48)53-41(18-12-23-50(53)57)37-26-31-39(32-27-37)59(52-25-13-24-51-54(52)47-17-8-10-22-49(47)58(51,3)4)40-33-28-38(29-34-40)43-19-11-20-44-45-35-30-36-14-5-6-15-42(36)56(45)60-55(43)44/h5-35H,1-4H3. The SMILES string of the molecule is CC1(C)c2ccccc2-c2c(-c3ccc(N(c4ccc(-c5cccc6c5oc5c7ccccc7ccc65)cc4)c4cccc5c4-c4ccccc4C5(C)C)cc3)cccc21. The molecule has 2 heteroatoms. The van der Waals surface area contributed by atoms with Crippen LogP contribution in [0.3, 0.4) is 0 Å². The number of furan rings is 1. The highest BCUT2D eigenvalue weighted by Crippen LogP contribution is 2.55. The summed E-state index contributed by atoms with van der Waals surface area (Å²) < 4.78 is 6.77. The summed E-state index contributed by atoms with van der Waals surface area (Å²) in [6.45, 7) is 9.41. The Balaban J connectivity index is 1.01. The first-order valence-electron chi connectivity index (χ1n) is 21.1. The molecule has 10 aromatic rings. The van der Waals surface area contributed by atoms with E-state index >= 15 is 0 Å². The van der Waals surface area contributed by atoms with Crippen molar-refractivity contribution >= 4 is 49.8 Å². The van der Waals surface area contributed by atoms with Crippen LogP contribution in [0.4, 0.5) is 17.1 Å². The maximum absolute atomic E-state index is 6.77. The van der Waals surface area contributed by atoms with E-state index in [0.717, 1.165) is 49.8 Å². The van der Waals surface area contributed by atoms with Gasteiger partial charge in [-0.05, 0) is 97.4 Å². The quantitative estimate of drug-likeness (QED) is 0.173. The number of fused-ring (bicyclic) bond motifs is 11. The smallest absolute Gasteiger partial charge is 0.143 e. The molecule has 0 saturated heterocycles. The molecular weight excluding hydrogens is 727 g/mol. The zero-order valence-corrected chi connectivity index (χ0v) is 34.3. The molecule has 0 radical (unpaired) electrons. The van der Waals surface area contributed by atoms with Crippen LogP contribution in [-0.2, 0) is 10.8 Å². The van der Waals surface area contributed by atoms with E-state index in [9.17, 15) is 0 Å². The van der Waals surface area contributed by atoms with Gasteiger partial charge < -0.3 is 9.32 Å². The summed E-state index contributed by atoms with van der Waals surface area (Å²) in [7, 11) is 0. The second-order valence-electron chi connectivity index (χ2n) is 17.6. The van der Waals surface area contributed by atoms with E-state index < -0.39 is 0 Å². The van der Waals surface area contributed by atoms with Gasteiger partial charge in [-0.25, -0.2) is 0 Å². The van der Waals surface area contributed by atoms with Gasteiger partial charge >= 0.3 is 0 Å². The molecule has 12 rings (SSSR count). The number of hydrogen-bond donors (Lipinski definition) is 0. The van der Waals surface area contributed by atoms with Crippen molar-refractivity contribution in [2.45, 2.75) is 38.5 Å². The maximum atomic E-state index is 6.77. The maximum Gasteiger partial charge on any atom is 0.143 e. The first-order valence-corrected chi connectivity index (χ1v) is 21.1. The topological polar surface area (TPSA) is 16.4 Å². The predicted octanol–water partition coefficient (Wildman–Crippen LogP) is 16.2. The lowest BCUT2D eigenvalue weighted by Gasteiger charge is -2.29. The van der Waals surface area contributed by atoms with Crippen molar-refractivity contribution in [2.24, 2.45) is 0 Å². The zero-order valence-electron chi connectivity index (χ0n) is 34.3. The van der Waals surface area contributed by atoms with E-state index in [4.69, 9.17) is 4.42 Å². The molecule has 2 aliphatic rings. The molecule has 286 valence electrons.